The van der Waals surface area contributed by atoms with Crippen molar-refractivity contribution < 1.29 is 9.90 Å². The van der Waals surface area contributed by atoms with Crippen molar-refractivity contribution in [2.75, 3.05) is 24.5 Å². The van der Waals surface area contributed by atoms with Gasteiger partial charge in [-0.3, -0.25) is 4.90 Å². The zero-order valence-electron chi connectivity index (χ0n) is 9.60. The molecule has 1 aromatic rings. The van der Waals surface area contributed by atoms with Crippen molar-refractivity contribution in [2.45, 2.75) is 12.5 Å². The number of hydrogen-bond donors (Lipinski definition) is 3. The Morgan fingerprint density at radius 1 is 1.47 bits per heavy atom. The molecule has 1 aliphatic heterocycles. The molecular weight excluding hydrogens is 218 g/mol. The molecule has 1 aromatic carbocycles. The maximum Gasteiger partial charge on any atom is 0.322 e. The molecule has 1 aliphatic rings. The molecule has 2 amide bonds. The van der Waals surface area contributed by atoms with Crippen LogP contribution in [0.15, 0.2) is 24.3 Å². The second-order valence-corrected chi connectivity index (χ2v) is 4.04. The first-order valence-corrected chi connectivity index (χ1v) is 5.76. The zero-order valence-corrected chi connectivity index (χ0v) is 9.60. The molecule has 0 saturated carbocycles. The highest BCUT2D eigenvalue weighted by Crippen LogP contribution is 2.28. The molecule has 17 heavy (non-hydrogen) atoms. The average Bonchev–Trinajstić information content (AvgIpc) is 2.76. The van der Waals surface area contributed by atoms with E-state index in [0.29, 0.717) is 26.1 Å². The molecule has 0 aliphatic carbocycles. The first-order chi connectivity index (χ1) is 8.24. The number of carbonyl (C=O) groups is 1. The number of aliphatic hydroxyl groups excluding tert-OH is 1. The van der Waals surface area contributed by atoms with Crippen LogP contribution in [0.5, 0.6) is 0 Å². The molecular formula is C12H17N3O2. The van der Waals surface area contributed by atoms with Gasteiger partial charge in [0.2, 0.25) is 0 Å². The monoisotopic (exact) mass is 235 g/mol. The quantitative estimate of drug-likeness (QED) is 0.715. The van der Waals surface area contributed by atoms with Gasteiger partial charge in [0.05, 0.1) is 11.8 Å². The number of carbonyl (C=O) groups excluding carboxylic acids is 1. The van der Waals surface area contributed by atoms with Gasteiger partial charge in [0.25, 0.3) is 0 Å². The van der Waals surface area contributed by atoms with E-state index in [-0.39, 0.29) is 6.03 Å². The molecule has 0 spiro atoms. The predicted molar refractivity (Wildman–Crippen MR) is 65.8 cm³/mol. The molecule has 0 radical (unpaired) electrons. The van der Waals surface area contributed by atoms with Crippen molar-refractivity contribution in [2.24, 2.45) is 5.73 Å². The van der Waals surface area contributed by atoms with E-state index in [1.165, 1.54) is 0 Å². The molecule has 1 atom stereocenters. The number of nitrogens with one attached hydrogen (secondary N) is 1. The highest BCUT2D eigenvalue weighted by molar-refractivity contribution is 5.94. The van der Waals surface area contributed by atoms with Crippen molar-refractivity contribution >= 4 is 11.7 Å². The Labute approximate surface area is 100 Å². The van der Waals surface area contributed by atoms with Crippen LogP contribution in [0.25, 0.3) is 0 Å². The number of hydrogen-bond acceptors (Lipinski definition) is 3. The number of benzene rings is 1. The van der Waals surface area contributed by atoms with Crippen molar-refractivity contribution in [1.82, 2.24) is 5.32 Å². The highest BCUT2D eigenvalue weighted by Gasteiger charge is 2.24. The lowest BCUT2D eigenvalue weighted by Gasteiger charge is -2.21. The minimum absolute atomic E-state index is 0.114. The molecule has 1 fully saturated rings. The molecule has 5 heteroatoms. The Morgan fingerprint density at radius 3 is 2.88 bits per heavy atom. The number of rotatable bonds is 4. The van der Waals surface area contributed by atoms with Crippen LogP contribution in [0, 0.1) is 0 Å². The van der Waals surface area contributed by atoms with Crippen LogP contribution in [-0.4, -0.2) is 30.8 Å². The number of urea groups is 1. The van der Waals surface area contributed by atoms with Gasteiger partial charge in [0, 0.05) is 18.7 Å². The lowest BCUT2D eigenvalue weighted by Crippen LogP contribution is -2.29. The highest BCUT2D eigenvalue weighted by atomic mass is 16.3. The van der Waals surface area contributed by atoms with Crippen LogP contribution in [0.4, 0.5) is 10.5 Å². The van der Waals surface area contributed by atoms with E-state index in [9.17, 15) is 9.90 Å². The third kappa shape index (κ3) is 2.40. The standard InChI is InChI=1S/C12H17N3O2/c13-6-5-11(16)9-3-1-2-4-10(9)15-8-7-14-12(15)17/h1-4,11,16H,5-8,13H2,(H,14,17). The fourth-order valence-corrected chi connectivity index (χ4v) is 2.03. The van der Waals surface area contributed by atoms with Crippen LogP contribution in [-0.2, 0) is 0 Å². The summed E-state index contributed by atoms with van der Waals surface area (Å²) in [7, 11) is 0. The third-order valence-electron chi connectivity index (χ3n) is 2.88. The second-order valence-electron chi connectivity index (χ2n) is 4.04. The van der Waals surface area contributed by atoms with E-state index in [4.69, 9.17) is 5.73 Å². The molecule has 0 bridgehead atoms. The van der Waals surface area contributed by atoms with Gasteiger partial charge in [-0.15, -0.1) is 0 Å². The van der Waals surface area contributed by atoms with E-state index >= 15 is 0 Å². The van der Waals surface area contributed by atoms with E-state index in [0.717, 1.165) is 11.3 Å². The third-order valence-corrected chi connectivity index (χ3v) is 2.88. The van der Waals surface area contributed by atoms with Crippen LogP contribution in [0.3, 0.4) is 0 Å². The Morgan fingerprint density at radius 2 is 2.24 bits per heavy atom. The number of amides is 2. The minimum atomic E-state index is -0.621. The summed E-state index contributed by atoms with van der Waals surface area (Å²) in [4.78, 5) is 13.3. The van der Waals surface area contributed by atoms with Gasteiger partial charge in [0.1, 0.15) is 0 Å². The second kappa shape index (κ2) is 5.16. The smallest absolute Gasteiger partial charge is 0.322 e. The van der Waals surface area contributed by atoms with Crippen molar-refractivity contribution in [1.29, 1.82) is 0 Å². The first kappa shape index (κ1) is 11.9. The maximum absolute atomic E-state index is 11.6. The Bertz CT molecular complexity index is 408. The van der Waals surface area contributed by atoms with Crippen molar-refractivity contribution in [3.8, 4) is 0 Å². The van der Waals surface area contributed by atoms with Gasteiger partial charge < -0.3 is 16.2 Å². The van der Waals surface area contributed by atoms with Crippen molar-refractivity contribution in [3.63, 3.8) is 0 Å². The predicted octanol–water partition coefficient (Wildman–Crippen LogP) is 0.598. The summed E-state index contributed by atoms with van der Waals surface area (Å²) in [6.45, 7) is 1.69. The van der Waals surface area contributed by atoms with Crippen LogP contribution in [0.1, 0.15) is 18.1 Å². The van der Waals surface area contributed by atoms with Gasteiger partial charge in [-0.2, -0.15) is 0 Å². The van der Waals surface area contributed by atoms with Gasteiger partial charge in [-0.25, -0.2) is 4.79 Å². The summed E-state index contributed by atoms with van der Waals surface area (Å²) in [6.07, 6.45) is -0.128. The van der Waals surface area contributed by atoms with E-state index in [1.54, 1.807) is 4.90 Å². The van der Waals surface area contributed by atoms with E-state index in [1.807, 2.05) is 24.3 Å². The summed E-state index contributed by atoms with van der Waals surface area (Å²) in [5, 5.41) is 12.8. The Kier molecular flexibility index (Phi) is 3.61. The number of para-hydroxylation sites is 1. The number of aliphatic hydroxyl groups is 1. The Balaban J connectivity index is 2.30. The normalized spacial score (nSPS) is 17.1. The molecule has 1 saturated heterocycles. The number of anilines is 1. The van der Waals surface area contributed by atoms with Gasteiger partial charge >= 0.3 is 6.03 Å². The van der Waals surface area contributed by atoms with Crippen LogP contribution < -0.4 is 16.0 Å². The lowest BCUT2D eigenvalue weighted by molar-refractivity contribution is 0.171. The summed E-state index contributed by atoms with van der Waals surface area (Å²) >= 11 is 0. The molecule has 92 valence electrons. The fourth-order valence-electron chi connectivity index (χ4n) is 2.03. The number of nitrogens with two attached hydrogens (primary N) is 1. The summed E-state index contributed by atoms with van der Waals surface area (Å²) in [6, 6.07) is 7.28. The van der Waals surface area contributed by atoms with E-state index < -0.39 is 6.10 Å². The fraction of sp³-hybridized carbons (Fsp3) is 0.417. The van der Waals surface area contributed by atoms with Gasteiger partial charge in [0.15, 0.2) is 0 Å². The summed E-state index contributed by atoms with van der Waals surface area (Å²) < 4.78 is 0. The van der Waals surface area contributed by atoms with Crippen LogP contribution in [0.2, 0.25) is 0 Å². The lowest BCUT2D eigenvalue weighted by atomic mass is 10.0. The van der Waals surface area contributed by atoms with Gasteiger partial charge in [-0.1, -0.05) is 18.2 Å². The molecule has 5 nitrogen and oxygen atoms in total. The Hall–Kier alpha value is -1.59. The minimum Gasteiger partial charge on any atom is -0.388 e. The van der Waals surface area contributed by atoms with Gasteiger partial charge in [-0.05, 0) is 19.0 Å². The molecule has 2 rings (SSSR count). The molecule has 4 N–H and O–H groups in total. The summed E-state index contributed by atoms with van der Waals surface area (Å²) in [5.74, 6) is 0. The molecule has 0 aromatic heterocycles. The van der Waals surface area contributed by atoms with Crippen LogP contribution >= 0.6 is 0 Å². The van der Waals surface area contributed by atoms with E-state index in [2.05, 4.69) is 5.32 Å². The SMILES string of the molecule is NCCC(O)c1ccccc1N1CCNC1=O. The zero-order chi connectivity index (χ0) is 12.3. The van der Waals surface area contributed by atoms with Crippen molar-refractivity contribution in [3.05, 3.63) is 29.8 Å². The molecule has 1 heterocycles. The topological polar surface area (TPSA) is 78.6 Å². The molecule has 1 unspecified atom stereocenters. The number of nitrogens with zero attached hydrogens (tertiary/aromatic N) is 1. The maximum atomic E-state index is 11.6. The first-order valence-electron chi connectivity index (χ1n) is 5.76. The average molecular weight is 235 g/mol. The largest absolute Gasteiger partial charge is 0.388 e. The summed E-state index contributed by atoms with van der Waals surface area (Å²) in [5.41, 5.74) is 6.97.